The molecule has 3 heteroatoms. The van der Waals surface area contributed by atoms with Gasteiger partial charge in [-0.1, -0.05) is 0 Å². The molecule has 1 aliphatic rings. The Morgan fingerprint density at radius 2 is 1.94 bits per heavy atom. The van der Waals surface area contributed by atoms with Crippen molar-refractivity contribution in [3.63, 3.8) is 0 Å². The fourth-order valence-electron chi connectivity index (χ4n) is 2.44. The zero-order valence-corrected chi connectivity index (χ0v) is 11.6. The van der Waals surface area contributed by atoms with E-state index < -0.39 is 6.10 Å². The zero-order chi connectivity index (χ0) is 13.4. The molecular formula is C15H22FNO. The molecule has 1 aromatic rings. The van der Waals surface area contributed by atoms with Crippen LogP contribution in [-0.4, -0.2) is 18.2 Å². The molecule has 1 saturated carbocycles. The van der Waals surface area contributed by atoms with Crippen LogP contribution >= 0.6 is 0 Å². The lowest BCUT2D eigenvalue weighted by Gasteiger charge is -2.30. The SMILES string of the molecule is Cc1cc(N(C)C(C)C2CC2)c([C@@H](C)O)cc1F. The molecular weight excluding hydrogens is 229 g/mol. The number of hydrogen-bond acceptors (Lipinski definition) is 2. The predicted octanol–water partition coefficient (Wildman–Crippen LogP) is 3.42. The highest BCUT2D eigenvalue weighted by Crippen LogP contribution is 2.38. The van der Waals surface area contributed by atoms with Gasteiger partial charge in [0.15, 0.2) is 0 Å². The number of halogens is 1. The molecule has 0 bridgehead atoms. The number of nitrogens with zero attached hydrogens (tertiary/aromatic N) is 1. The molecule has 0 heterocycles. The van der Waals surface area contributed by atoms with E-state index in [1.165, 1.54) is 18.9 Å². The van der Waals surface area contributed by atoms with Gasteiger partial charge >= 0.3 is 0 Å². The van der Waals surface area contributed by atoms with Crippen molar-refractivity contribution < 1.29 is 9.50 Å². The number of anilines is 1. The van der Waals surface area contributed by atoms with Gasteiger partial charge in [-0.15, -0.1) is 0 Å². The zero-order valence-electron chi connectivity index (χ0n) is 11.6. The molecule has 0 spiro atoms. The third kappa shape index (κ3) is 2.51. The molecule has 1 N–H and O–H groups in total. The first-order valence-corrected chi connectivity index (χ1v) is 6.62. The topological polar surface area (TPSA) is 23.5 Å². The van der Waals surface area contributed by atoms with E-state index >= 15 is 0 Å². The minimum atomic E-state index is -0.649. The Labute approximate surface area is 108 Å². The van der Waals surface area contributed by atoms with Crippen LogP contribution in [0.5, 0.6) is 0 Å². The lowest BCUT2D eigenvalue weighted by molar-refractivity contribution is 0.199. The van der Waals surface area contributed by atoms with Crippen molar-refractivity contribution in [1.82, 2.24) is 0 Å². The maximum absolute atomic E-state index is 13.6. The van der Waals surface area contributed by atoms with Crippen LogP contribution in [0, 0.1) is 18.7 Å². The summed E-state index contributed by atoms with van der Waals surface area (Å²) in [5.74, 6) is 0.490. The van der Waals surface area contributed by atoms with Gasteiger partial charge < -0.3 is 10.0 Å². The van der Waals surface area contributed by atoms with Gasteiger partial charge in [-0.25, -0.2) is 4.39 Å². The highest BCUT2D eigenvalue weighted by molar-refractivity contribution is 5.57. The molecule has 2 nitrogen and oxygen atoms in total. The summed E-state index contributed by atoms with van der Waals surface area (Å²) in [7, 11) is 2.03. The van der Waals surface area contributed by atoms with Crippen molar-refractivity contribution in [3.05, 3.63) is 29.1 Å². The number of aliphatic hydroxyl groups excluding tert-OH is 1. The fraction of sp³-hybridized carbons (Fsp3) is 0.600. The average Bonchev–Trinajstić information content (AvgIpc) is 3.14. The summed E-state index contributed by atoms with van der Waals surface area (Å²) in [5, 5.41) is 9.81. The second-order valence-electron chi connectivity index (χ2n) is 5.53. The molecule has 0 radical (unpaired) electrons. The van der Waals surface area contributed by atoms with E-state index in [9.17, 15) is 9.50 Å². The maximum atomic E-state index is 13.6. The minimum absolute atomic E-state index is 0.248. The number of aryl methyl sites for hydroxylation is 1. The van der Waals surface area contributed by atoms with E-state index in [1.807, 2.05) is 13.1 Å². The van der Waals surface area contributed by atoms with Gasteiger partial charge in [-0.05, 0) is 57.2 Å². The number of aliphatic hydroxyl groups is 1. The van der Waals surface area contributed by atoms with Crippen molar-refractivity contribution in [2.75, 3.05) is 11.9 Å². The quantitative estimate of drug-likeness (QED) is 0.886. The van der Waals surface area contributed by atoms with Crippen molar-refractivity contribution in [3.8, 4) is 0 Å². The van der Waals surface area contributed by atoms with E-state index in [-0.39, 0.29) is 5.82 Å². The van der Waals surface area contributed by atoms with Crippen LogP contribution in [0.2, 0.25) is 0 Å². The van der Waals surface area contributed by atoms with Crippen LogP contribution < -0.4 is 4.90 Å². The Hall–Kier alpha value is -1.09. The van der Waals surface area contributed by atoms with E-state index in [1.54, 1.807) is 13.8 Å². The summed E-state index contributed by atoms with van der Waals surface area (Å²) in [4.78, 5) is 2.17. The summed E-state index contributed by atoms with van der Waals surface area (Å²) in [6, 6.07) is 3.74. The number of hydrogen-bond donors (Lipinski definition) is 1. The van der Waals surface area contributed by atoms with Gasteiger partial charge in [0.2, 0.25) is 0 Å². The minimum Gasteiger partial charge on any atom is -0.389 e. The molecule has 1 aliphatic carbocycles. The highest BCUT2D eigenvalue weighted by Gasteiger charge is 2.31. The molecule has 2 rings (SSSR count). The van der Waals surface area contributed by atoms with Crippen molar-refractivity contribution >= 4 is 5.69 Å². The van der Waals surface area contributed by atoms with Crippen LogP contribution in [0.3, 0.4) is 0 Å². The summed E-state index contributed by atoms with van der Waals surface area (Å²) < 4.78 is 13.6. The van der Waals surface area contributed by atoms with Gasteiger partial charge in [-0.3, -0.25) is 0 Å². The van der Waals surface area contributed by atoms with Gasteiger partial charge in [0.1, 0.15) is 5.82 Å². The lowest BCUT2D eigenvalue weighted by atomic mass is 10.0. The van der Waals surface area contributed by atoms with Crippen molar-refractivity contribution in [1.29, 1.82) is 0 Å². The first-order chi connectivity index (χ1) is 8.41. The van der Waals surface area contributed by atoms with Gasteiger partial charge in [0.25, 0.3) is 0 Å². The van der Waals surface area contributed by atoms with E-state index in [0.29, 0.717) is 17.2 Å². The van der Waals surface area contributed by atoms with Crippen LogP contribution in [0.1, 0.15) is 43.9 Å². The second kappa shape index (κ2) is 4.88. The van der Waals surface area contributed by atoms with Crippen molar-refractivity contribution in [2.45, 2.75) is 45.8 Å². The Morgan fingerprint density at radius 3 is 2.44 bits per heavy atom. The molecule has 0 aromatic heterocycles. The standard InChI is InChI=1S/C15H22FNO/c1-9-7-15(13(11(3)18)8-14(9)16)17(4)10(2)12-5-6-12/h7-8,10-12,18H,5-6H2,1-4H3/t10?,11-/m1/s1. The van der Waals surface area contributed by atoms with Crippen molar-refractivity contribution in [2.24, 2.45) is 5.92 Å². The molecule has 0 amide bonds. The smallest absolute Gasteiger partial charge is 0.126 e. The van der Waals surface area contributed by atoms with E-state index in [0.717, 1.165) is 11.6 Å². The largest absolute Gasteiger partial charge is 0.389 e. The van der Waals surface area contributed by atoms with Gasteiger partial charge in [-0.2, -0.15) is 0 Å². The lowest BCUT2D eigenvalue weighted by Crippen LogP contribution is -2.31. The molecule has 1 unspecified atom stereocenters. The molecule has 1 aromatic carbocycles. The number of rotatable bonds is 4. The Bertz CT molecular complexity index is 440. The van der Waals surface area contributed by atoms with Crippen LogP contribution in [0.4, 0.5) is 10.1 Å². The molecule has 1 fully saturated rings. The van der Waals surface area contributed by atoms with Crippen LogP contribution in [-0.2, 0) is 0 Å². The molecule has 18 heavy (non-hydrogen) atoms. The molecule has 100 valence electrons. The summed E-state index contributed by atoms with van der Waals surface area (Å²) in [5.41, 5.74) is 2.25. The Morgan fingerprint density at radius 1 is 1.33 bits per heavy atom. The first-order valence-electron chi connectivity index (χ1n) is 6.62. The second-order valence-corrected chi connectivity index (χ2v) is 5.53. The summed E-state index contributed by atoms with van der Waals surface area (Å²) in [6.45, 7) is 5.64. The first kappa shape index (κ1) is 13.3. The van der Waals surface area contributed by atoms with Gasteiger partial charge in [0.05, 0.1) is 6.10 Å². The van der Waals surface area contributed by atoms with Crippen LogP contribution in [0.15, 0.2) is 12.1 Å². The highest BCUT2D eigenvalue weighted by atomic mass is 19.1. The van der Waals surface area contributed by atoms with Crippen LogP contribution in [0.25, 0.3) is 0 Å². The third-order valence-electron chi connectivity index (χ3n) is 4.05. The third-order valence-corrected chi connectivity index (χ3v) is 4.05. The van der Waals surface area contributed by atoms with E-state index in [4.69, 9.17) is 0 Å². The predicted molar refractivity (Wildman–Crippen MR) is 72.4 cm³/mol. The van der Waals surface area contributed by atoms with E-state index in [2.05, 4.69) is 11.8 Å². The fourth-order valence-corrected chi connectivity index (χ4v) is 2.44. The molecule has 0 aliphatic heterocycles. The Balaban J connectivity index is 2.37. The maximum Gasteiger partial charge on any atom is 0.126 e. The van der Waals surface area contributed by atoms with Gasteiger partial charge in [0, 0.05) is 24.3 Å². The monoisotopic (exact) mass is 251 g/mol. The molecule has 2 atom stereocenters. The summed E-state index contributed by atoms with van der Waals surface area (Å²) >= 11 is 0. The number of benzene rings is 1. The normalized spacial score (nSPS) is 18.6. The molecule has 0 saturated heterocycles. The summed E-state index contributed by atoms with van der Waals surface area (Å²) in [6.07, 6.45) is 1.90. The Kier molecular flexibility index (Phi) is 3.62. The average molecular weight is 251 g/mol.